The third kappa shape index (κ3) is 3.43. The lowest BCUT2D eigenvalue weighted by molar-refractivity contribution is 0.0806. The lowest BCUT2D eigenvalue weighted by atomic mass is 9.93. The zero-order chi connectivity index (χ0) is 12.2. The van der Waals surface area contributed by atoms with Crippen LogP contribution in [0.25, 0.3) is 0 Å². The molecule has 0 saturated carbocycles. The van der Waals surface area contributed by atoms with Crippen molar-refractivity contribution in [3.05, 3.63) is 29.8 Å². The summed E-state index contributed by atoms with van der Waals surface area (Å²) in [5.41, 5.74) is -0.436. The van der Waals surface area contributed by atoms with Gasteiger partial charge in [-0.2, -0.15) is 0 Å². The fourth-order valence-corrected chi connectivity index (χ4v) is 1.13. The first-order valence-corrected chi connectivity index (χ1v) is 4.91. The van der Waals surface area contributed by atoms with Crippen LogP contribution in [0.15, 0.2) is 18.2 Å². The molecule has 0 radical (unpaired) electrons. The molecule has 3 N–H and O–H groups in total. The summed E-state index contributed by atoms with van der Waals surface area (Å²) < 4.78 is 25.7. The Labute approximate surface area is 92.7 Å². The Hall–Kier alpha value is -1.20. The second-order valence-electron chi connectivity index (χ2n) is 4.14. The molecule has 0 aliphatic heterocycles. The summed E-state index contributed by atoms with van der Waals surface area (Å²) in [6.45, 7) is 1.46. The zero-order valence-electron chi connectivity index (χ0n) is 9.00. The molecule has 0 spiro atoms. The molecule has 0 aliphatic rings. The van der Waals surface area contributed by atoms with E-state index < -0.39 is 17.0 Å². The van der Waals surface area contributed by atoms with E-state index in [-0.39, 0.29) is 25.4 Å². The molecule has 0 saturated heterocycles. The van der Waals surface area contributed by atoms with Crippen LogP contribution in [0.1, 0.15) is 6.92 Å². The van der Waals surface area contributed by atoms with E-state index in [4.69, 9.17) is 10.2 Å². The molecule has 1 aromatic carbocycles. The van der Waals surface area contributed by atoms with Crippen molar-refractivity contribution in [1.82, 2.24) is 0 Å². The fraction of sp³-hybridized carbons (Fsp3) is 0.455. The van der Waals surface area contributed by atoms with Crippen LogP contribution in [0.4, 0.5) is 14.5 Å². The van der Waals surface area contributed by atoms with E-state index in [9.17, 15) is 8.78 Å². The molecular formula is C11H15F2NO2. The van der Waals surface area contributed by atoms with E-state index in [2.05, 4.69) is 5.32 Å². The van der Waals surface area contributed by atoms with Gasteiger partial charge in [0.2, 0.25) is 0 Å². The highest BCUT2D eigenvalue weighted by atomic mass is 19.1. The standard InChI is InChI=1S/C11H15F2NO2/c1-11(6-15,7-16)5-14-10-3-8(12)2-9(13)4-10/h2-4,14-16H,5-7H2,1H3. The van der Waals surface area contributed by atoms with Crippen LogP contribution in [-0.4, -0.2) is 30.0 Å². The predicted octanol–water partition coefficient (Wildman–Crippen LogP) is 1.37. The Balaban J connectivity index is 2.67. The SMILES string of the molecule is CC(CO)(CO)CNc1cc(F)cc(F)c1. The van der Waals surface area contributed by atoms with Crippen molar-refractivity contribution in [2.45, 2.75) is 6.92 Å². The number of anilines is 1. The van der Waals surface area contributed by atoms with Crippen molar-refractivity contribution in [2.75, 3.05) is 25.1 Å². The van der Waals surface area contributed by atoms with E-state index in [1.807, 2.05) is 0 Å². The molecule has 1 aromatic rings. The Morgan fingerprint density at radius 3 is 2.06 bits per heavy atom. The summed E-state index contributed by atoms with van der Waals surface area (Å²) >= 11 is 0. The van der Waals surface area contributed by atoms with Crippen molar-refractivity contribution in [3.8, 4) is 0 Å². The molecule has 0 aliphatic carbocycles. The highest BCUT2D eigenvalue weighted by molar-refractivity contribution is 5.43. The molecule has 0 unspecified atom stereocenters. The lowest BCUT2D eigenvalue weighted by Crippen LogP contribution is -2.34. The molecule has 0 atom stereocenters. The van der Waals surface area contributed by atoms with E-state index in [1.165, 1.54) is 0 Å². The first kappa shape index (κ1) is 12.9. The number of halogens is 2. The van der Waals surface area contributed by atoms with Crippen LogP contribution in [0.2, 0.25) is 0 Å². The van der Waals surface area contributed by atoms with Gasteiger partial charge < -0.3 is 15.5 Å². The first-order chi connectivity index (χ1) is 7.49. The zero-order valence-corrected chi connectivity index (χ0v) is 9.00. The molecule has 0 aromatic heterocycles. The summed E-state index contributed by atoms with van der Waals surface area (Å²) in [7, 11) is 0. The summed E-state index contributed by atoms with van der Waals surface area (Å²) in [6.07, 6.45) is 0. The summed E-state index contributed by atoms with van der Waals surface area (Å²) in [5, 5.41) is 20.8. The van der Waals surface area contributed by atoms with Gasteiger partial charge in [0, 0.05) is 23.7 Å². The maximum Gasteiger partial charge on any atom is 0.128 e. The van der Waals surface area contributed by atoms with Gasteiger partial charge >= 0.3 is 0 Å². The van der Waals surface area contributed by atoms with Crippen LogP contribution in [0.5, 0.6) is 0 Å². The number of aliphatic hydroxyl groups is 2. The van der Waals surface area contributed by atoms with Crippen LogP contribution in [0.3, 0.4) is 0 Å². The van der Waals surface area contributed by atoms with E-state index in [0.717, 1.165) is 18.2 Å². The van der Waals surface area contributed by atoms with E-state index in [1.54, 1.807) is 6.92 Å². The fourth-order valence-electron chi connectivity index (χ4n) is 1.13. The number of hydrogen-bond donors (Lipinski definition) is 3. The summed E-state index contributed by atoms with van der Waals surface area (Å²) in [6, 6.07) is 3.08. The van der Waals surface area contributed by atoms with Gasteiger partial charge in [-0.15, -0.1) is 0 Å². The van der Waals surface area contributed by atoms with Gasteiger partial charge in [-0.05, 0) is 12.1 Å². The maximum absolute atomic E-state index is 12.8. The highest BCUT2D eigenvalue weighted by Crippen LogP contribution is 2.18. The second-order valence-corrected chi connectivity index (χ2v) is 4.14. The van der Waals surface area contributed by atoms with Crippen LogP contribution in [-0.2, 0) is 0 Å². The molecule has 16 heavy (non-hydrogen) atoms. The Kier molecular flexibility index (Phi) is 4.20. The third-order valence-electron chi connectivity index (χ3n) is 2.35. The molecule has 5 heteroatoms. The van der Waals surface area contributed by atoms with Crippen molar-refractivity contribution in [2.24, 2.45) is 5.41 Å². The minimum atomic E-state index is -0.719. The van der Waals surface area contributed by atoms with Crippen LogP contribution < -0.4 is 5.32 Å². The van der Waals surface area contributed by atoms with Crippen LogP contribution in [0, 0.1) is 17.0 Å². The van der Waals surface area contributed by atoms with Crippen molar-refractivity contribution >= 4 is 5.69 Å². The monoisotopic (exact) mass is 231 g/mol. The van der Waals surface area contributed by atoms with Crippen molar-refractivity contribution in [3.63, 3.8) is 0 Å². The first-order valence-electron chi connectivity index (χ1n) is 4.91. The smallest absolute Gasteiger partial charge is 0.128 e. The average molecular weight is 231 g/mol. The maximum atomic E-state index is 12.8. The van der Waals surface area contributed by atoms with Gasteiger partial charge in [-0.3, -0.25) is 0 Å². The van der Waals surface area contributed by atoms with Gasteiger partial charge in [0.05, 0.1) is 13.2 Å². The summed E-state index contributed by atoms with van der Waals surface area (Å²) in [4.78, 5) is 0. The van der Waals surface area contributed by atoms with Crippen LogP contribution >= 0.6 is 0 Å². The van der Waals surface area contributed by atoms with E-state index >= 15 is 0 Å². The highest BCUT2D eigenvalue weighted by Gasteiger charge is 2.22. The largest absolute Gasteiger partial charge is 0.396 e. The van der Waals surface area contributed by atoms with Crippen molar-refractivity contribution in [1.29, 1.82) is 0 Å². The topological polar surface area (TPSA) is 52.5 Å². The molecule has 0 amide bonds. The molecule has 0 bridgehead atoms. The van der Waals surface area contributed by atoms with Gasteiger partial charge in [0.1, 0.15) is 11.6 Å². The second kappa shape index (κ2) is 5.23. The lowest BCUT2D eigenvalue weighted by Gasteiger charge is -2.25. The molecule has 0 heterocycles. The van der Waals surface area contributed by atoms with Crippen molar-refractivity contribution < 1.29 is 19.0 Å². The predicted molar refractivity (Wildman–Crippen MR) is 57.1 cm³/mol. The molecule has 3 nitrogen and oxygen atoms in total. The Morgan fingerprint density at radius 2 is 1.62 bits per heavy atom. The average Bonchev–Trinajstić information content (AvgIpc) is 2.25. The minimum Gasteiger partial charge on any atom is -0.396 e. The Morgan fingerprint density at radius 1 is 1.12 bits per heavy atom. The molecule has 90 valence electrons. The normalized spacial score (nSPS) is 11.6. The minimum absolute atomic E-state index is 0.214. The number of nitrogens with one attached hydrogen (secondary N) is 1. The molecule has 1 rings (SSSR count). The van der Waals surface area contributed by atoms with Gasteiger partial charge in [0.25, 0.3) is 0 Å². The third-order valence-corrected chi connectivity index (χ3v) is 2.35. The van der Waals surface area contributed by atoms with Gasteiger partial charge in [-0.1, -0.05) is 6.92 Å². The quantitative estimate of drug-likeness (QED) is 0.717. The molecule has 0 fully saturated rings. The summed E-state index contributed by atoms with van der Waals surface area (Å²) in [5.74, 6) is -1.34. The van der Waals surface area contributed by atoms with Gasteiger partial charge in [-0.25, -0.2) is 8.78 Å². The van der Waals surface area contributed by atoms with Gasteiger partial charge in [0.15, 0.2) is 0 Å². The molecular weight excluding hydrogens is 216 g/mol. The van der Waals surface area contributed by atoms with E-state index in [0.29, 0.717) is 0 Å². The number of aliphatic hydroxyl groups excluding tert-OH is 2. The number of benzene rings is 1. The number of hydrogen-bond acceptors (Lipinski definition) is 3. The number of rotatable bonds is 5. The Bertz CT molecular complexity index is 334.